The molecule has 9 nitrogen and oxygen atoms in total. The lowest BCUT2D eigenvalue weighted by Crippen LogP contribution is -2.29. The second kappa shape index (κ2) is 8.51. The zero-order valence-electron chi connectivity index (χ0n) is 18.2. The molecule has 0 spiro atoms. The number of phenolic OH excluding ortho intramolecular Hbond substituents is 1. The number of hydrogen-bond donors (Lipinski definition) is 2. The summed E-state index contributed by atoms with van der Waals surface area (Å²) in [5, 5.41) is 21.3. The first-order valence-electron chi connectivity index (χ1n) is 10.6. The van der Waals surface area contributed by atoms with Crippen LogP contribution >= 0.6 is 0 Å². The van der Waals surface area contributed by atoms with E-state index in [1.807, 2.05) is 0 Å². The second-order valence-corrected chi connectivity index (χ2v) is 7.80. The molecule has 34 heavy (non-hydrogen) atoms. The van der Waals surface area contributed by atoms with Crippen molar-refractivity contribution in [2.24, 2.45) is 0 Å². The zero-order chi connectivity index (χ0) is 23.8. The highest BCUT2D eigenvalue weighted by molar-refractivity contribution is 6.46. The third-order valence-electron chi connectivity index (χ3n) is 5.78. The molecule has 1 aromatic heterocycles. The Kier molecular flexibility index (Phi) is 5.37. The minimum Gasteiger partial charge on any atom is -0.507 e. The molecule has 2 aromatic carbocycles. The van der Waals surface area contributed by atoms with Gasteiger partial charge in [0.15, 0.2) is 23.0 Å². The predicted octanol–water partition coefficient (Wildman–Crippen LogP) is 3.39. The average molecular weight is 463 g/mol. The predicted molar refractivity (Wildman–Crippen MR) is 119 cm³/mol. The number of ketones is 1. The molecule has 5 rings (SSSR count). The first-order valence-corrected chi connectivity index (χ1v) is 10.6. The van der Waals surface area contributed by atoms with Gasteiger partial charge >= 0.3 is 0 Å². The van der Waals surface area contributed by atoms with Crippen LogP contribution in [0.5, 0.6) is 23.0 Å². The van der Waals surface area contributed by atoms with E-state index in [4.69, 9.17) is 18.6 Å². The maximum Gasteiger partial charge on any atom is 0.296 e. The monoisotopic (exact) mass is 463 g/mol. The number of likely N-dealkylation sites (tertiary alicyclic amines) is 1. The standard InChI is InChI=1S/C25H21NO8/c1-31-19-11-14(4-6-17(19)27)22-21(24(29)25(30)26(22)13-16-3-2-8-32-16)23(28)15-5-7-18-20(12-15)34-10-9-33-18/h2-8,11-12,22,27-28H,9-10,13H2,1H3/t22-/m0/s1. The average Bonchev–Trinajstić information content (AvgIpc) is 3.46. The number of amides is 1. The largest absolute Gasteiger partial charge is 0.507 e. The van der Waals surface area contributed by atoms with Crippen LogP contribution in [0, 0.1) is 0 Å². The van der Waals surface area contributed by atoms with E-state index in [-0.39, 0.29) is 29.4 Å². The van der Waals surface area contributed by atoms with E-state index in [1.54, 1.807) is 36.4 Å². The summed E-state index contributed by atoms with van der Waals surface area (Å²) in [6, 6.07) is 11.7. The van der Waals surface area contributed by atoms with Crippen LogP contribution < -0.4 is 14.2 Å². The molecule has 2 aliphatic rings. The van der Waals surface area contributed by atoms with Gasteiger partial charge in [-0.05, 0) is 48.0 Å². The van der Waals surface area contributed by atoms with Gasteiger partial charge in [-0.2, -0.15) is 0 Å². The number of aromatic hydroxyl groups is 1. The van der Waals surface area contributed by atoms with Gasteiger partial charge in [-0.15, -0.1) is 0 Å². The Labute approximate surface area is 194 Å². The van der Waals surface area contributed by atoms with E-state index in [1.165, 1.54) is 30.4 Å². The molecule has 1 atom stereocenters. The van der Waals surface area contributed by atoms with Crippen LogP contribution in [0.25, 0.3) is 5.76 Å². The highest BCUT2D eigenvalue weighted by Gasteiger charge is 2.46. The summed E-state index contributed by atoms with van der Waals surface area (Å²) in [5.74, 6) is -0.472. The van der Waals surface area contributed by atoms with Crippen molar-refractivity contribution < 1.29 is 38.4 Å². The fraction of sp³-hybridized carbons (Fsp3) is 0.200. The summed E-state index contributed by atoms with van der Waals surface area (Å²) in [7, 11) is 1.40. The number of methoxy groups -OCH3 is 1. The zero-order valence-corrected chi connectivity index (χ0v) is 18.2. The number of fused-ring (bicyclic) bond motifs is 1. The van der Waals surface area contributed by atoms with E-state index in [9.17, 15) is 19.8 Å². The molecule has 0 saturated carbocycles. The number of carbonyl (C=O) groups excluding carboxylic acids is 2. The van der Waals surface area contributed by atoms with Crippen LogP contribution in [0.15, 0.2) is 64.8 Å². The summed E-state index contributed by atoms with van der Waals surface area (Å²) < 4.78 is 21.7. The van der Waals surface area contributed by atoms with Crippen molar-refractivity contribution in [3.05, 3.63) is 77.3 Å². The van der Waals surface area contributed by atoms with Crippen LogP contribution in [-0.2, 0) is 16.1 Å². The van der Waals surface area contributed by atoms with Crippen LogP contribution in [0.4, 0.5) is 0 Å². The number of nitrogens with zero attached hydrogens (tertiary/aromatic N) is 1. The van der Waals surface area contributed by atoms with Crippen molar-refractivity contribution in [1.29, 1.82) is 0 Å². The summed E-state index contributed by atoms with van der Waals surface area (Å²) in [5.41, 5.74) is 0.677. The summed E-state index contributed by atoms with van der Waals surface area (Å²) in [4.78, 5) is 27.6. The van der Waals surface area contributed by atoms with E-state index < -0.39 is 17.7 Å². The molecular weight excluding hydrogens is 442 g/mol. The van der Waals surface area contributed by atoms with Gasteiger partial charge in [0.2, 0.25) is 0 Å². The van der Waals surface area contributed by atoms with Crippen LogP contribution in [0.2, 0.25) is 0 Å². The van der Waals surface area contributed by atoms with Crippen LogP contribution in [-0.4, -0.2) is 47.1 Å². The molecule has 1 saturated heterocycles. The Morgan fingerprint density at radius 2 is 1.88 bits per heavy atom. The lowest BCUT2D eigenvalue weighted by atomic mass is 9.94. The molecule has 174 valence electrons. The molecule has 0 bridgehead atoms. The molecule has 0 unspecified atom stereocenters. The third-order valence-corrected chi connectivity index (χ3v) is 5.78. The van der Waals surface area contributed by atoms with Gasteiger partial charge in [0.1, 0.15) is 24.7 Å². The Balaban J connectivity index is 1.66. The molecule has 3 aromatic rings. The Hall–Kier alpha value is -4.40. The molecule has 1 amide bonds. The number of aliphatic hydroxyl groups is 1. The fourth-order valence-electron chi connectivity index (χ4n) is 4.17. The van der Waals surface area contributed by atoms with E-state index in [0.717, 1.165) is 0 Å². The summed E-state index contributed by atoms with van der Waals surface area (Å²) in [6.45, 7) is 0.778. The van der Waals surface area contributed by atoms with Gasteiger partial charge in [0.25, 0.3) is 11.7 Å². The SMILES string of the molecule is COc1cc([C@H]2C(=C(O)c3ccc4c(c3)OCCO4)C(=O)C(=O)N2Cc2ccco2)ccc1O. The highest BCUT2D eigenvalue weighted by Crippen LogP contribution is 2.43. The van der Waals surface area contributed by atoms with E-state index in [2.05, 4.69) is 0 Å². The van der Waals surface area contributed by atoms with Crippen LogP contribution in [0.1, 0.15) is 22.9 Å². The van der Waals surface area contributed by atoms with Crippen molar-refractivity contribution in [3.8, 4) is 23.0 Å². The van der Waals surface area contributed by atoms with Gasteiger partial charge in [-0.3, -0.25) is 9.59 Å². The molecule has 2 N–H and O–H groups in total. The van der Waals surface area contributed by atoms with Crippen molar-refractivity contribution >= 4 is 17.4 Å². The van der Waals surface area contributed by atoms with Gasteiger partial charge < -0.3 is 33.7 Å². The molecule has 9 heteroatoms. The second-order valence-electron chi connectivity index (χ2n) is 7.80. The third kappa shape index (κ3) is 3.61. The Morgan fingerprint density at radius 3 is 2.62 bits per heavy atom. The molecular formula is C25H21NO8. The van der Waals surface area contributed by atoms with E-state index in [0.29, 0.717) is 41.6 Å². The molecule has 0 radical (unpaired) electrons. The smallest absolute Gasteiger partial charge is 0.296 e. The van der Waals surface area contributed by atoms with Gasteiger partial charge in [-0.25, -0.2) is 0 Å². The maximum absolute atomic E-state index is 13.2. The highest BCUT2D eigenvalue weighted by atomic mass is 16.6. The lowest BCUT2D eigenvalue weighted by molar-refractivity contribution is -0.140. The summed E-state index contributed by atoms with van der Waals surface area (Å²) >= 11 is 0. The first-order chi connectivity index (χ1) is 16.5. The van der Waals surface area contributed by atoms with Gasteiger partial charge in [-0.1, -0.05) is 6.07 Å². The van der Waals surface area contributed by atoms with Crippen molar-refractivity contribution in [2.45, 2.75) is 12.6 Å². The number of rotatable bonds is 5. The topological polar surface area (TPSA) is 119 Å². The number of hydrogen-bond acceptors (Lipinski definition) is 8. The Bertz CT molecular complexity index is 1290. The molecule has 0 aliphatic carbocycles. The van der Waals surface area contributed by atoms with Crippen molar-refractivity contribution in [1.82, 2.24) is 4.90 Å². The molecule has 3 heterocycles. The first kappa shape index (κ1) is 21.4. The van der Waals surface area contributed by atoms with Crippen molar-refractivity contribution in [3.63, 3.8) is 0 Å². The maximum atomic E-state index is 13.2. The van der Waals surface area contributed by atoms with Crippen molar-refractivity contribution in [2.75, 3.05) is 20.3 Å². The van der Waals surface area contributed by atoms with Gasteiger partial charge in [0, 0.05) is 5.56 Å². The normalized spacial score (nSPS) is 18.9. The molecule has 2 aliphatic heterocycles. The lowest BCUT2D eigenvalue weighted by Gasteiger charge is -2.25. The number of carbonyl (C=O) groups is 2. The number of phenols is 1. The quantitative estimate of drug-likeness (QED) is 0.336. The minimum absolute atomic E-state index is 0.00332. The minimum atomic E-state index is -0.951. The Morgan fingerprint density at radius 1 is 1.09 bits per heavy atom. The van der Waals surface area contributed by atoms with E-state index >= 15 is 0 Å². The number of ether oxygens (including phenoxy) is 3. The van der Waals surface area contributed by atoms with Crippen LogP contribution in [0.3, 0.4) is 0 Å². The number of aliphatic hydroxyl groups excluding tert-OH is 1. The number of benzene rings is 2. The summed E-state index contributed by atoms with van der Waals surface area (Å²) in [6.07, 6.45) is 1.47. The molecule has 1 fully saturated rings. The van der Waals surface area contributed by atoms with Gasteiger partial charge in [0.05, 0.1) is 31.5 Å². The number of Topliss-reactive ketones (excluding diaryl/α,β-unsaturated/α-hetero) is 1. The fourth-order valence-corrected chi connectivity index (χ4v) is 4.17. The number of furan rings is 1.